The highest BCUT2D eigenvalue weighted by Gasteiger charge is 2.42. The van der Waals surface area contributed by atoms with Crippen molar-refractivity contribution in [2.24, 2.45) is 0 Å². The number of carbonyl (C=O) groups is 1. The van der Waals surface area contributed by atoms with Crippen LogP contribution in [0.3, 0.4) is 0 Å². The van der Waals surface area contributed by atoms with E-state index in [1.54, 1.807) is 0 Å². The lowest BCUT2D eigenvalue weighted by Gasteiger charge is -2.28. The molecule has 0 aliphatic carbocycles. The maximum atomic E-state index is 13.2. The highest BCUT2D eigenvalue weighted by molar-refractivity contribution is 7.91. The van der Waals surface area contributed by atoms with Gasteiger partial charge in [0.05, 0.1) is 23.1 Å². The van der Waals surface area contributed by atoms with Gasteiger partial charge in [0.25, 0.3) is 5.91 Å². The fourth-order valence-electron chi connectivity index (χ4n) is 5.04. The lowest BCUT2D eigenvalue weighted by atomic mass is 10.0. The fraction of sp³-hybridized carbons (Fsp3) is 0.542. The van der Waals surface area contributed by atoms with Crippen LogP contribution in [0.15, 0.2) is 30.3 Å². The van der Waals surface area contributed by atoms with Gasteiger partial charge in [0.2, 0.25) is 0 Å². The van der Waals surface area contributed by atoms with Crippen LogP contribution in [0, 0.1) is 13.8 Å². The molecule has 0 radical (unpaired) electrons. The van der Waals surface area contributed by atoms with Gasteiger partial charge in [-0.05, 0) is 69.5 Å². The van der Waals surface area contributed by atoms with E-state index < -0.39 is 9.84 Å². The van der Waals surface area contributed by atoms with Crippen LogP contribution in [0.25, 0.3) is 5.69 Å². The van der Waals surface area contributed by atoms with E-state index in [2.05, 4.69) is 52.9 Å². The van der Waals surface area contributed by atoms with Crippen LogP contribution in [0.4, 0.5) is 0 Å². The molecule has 0 saturated carbocycles. The Balaban J connectivity index is 1.57. The molecule has 2 unspecified atom stereocenters. The van der Waals surface area contributed by atoms with E-state index in [1.807, 2.05) is 19.9 Å². The van der Waals surface area contributed by atoms with Crippen molar-refractivity contribution in [3.8, 4) is 5.69 Å². The number of nitrogens with zero attached hydrogens (tertiary/aromatic N) is 2. The molecule has 1 N–H and O–H groups in total. The van der Waals surface area contributed by atoms with Crippen LogP contribution in [-0.2, 0) is 9.84 Å². The molecule has 1 aromatic carbocycles. The van der Waals surface area contributed by atoms with Crippen LogP contribution in [-0.4, -0.2) is 60.5 Å². The summed E-state index contributed by atoms with van der Waals surface area (Å²) in [6.45, 7) is 10.1. The Hall–Kier alpha value is -2.12. The second-order valence-electron chi connectivity index (χ2n) is 9.33. The topological polar surface area (TPSA) is 71.4 Å². The first-order valence-electron chi connectivity index (χ1n) is 11.2. The van der Waals surface area contributed by atoms with Gasteiger partial charge in [0.15, 0.2) is 9.84 Å². The molecule has 0 spiro atoms. The summed E-state index contributed by atoms with van der Waals surface area (Å²) in [7, 11) is -3.14. The van der Waals surface area contributed by atoms with Gasteiger partial charge in [0.1, 0.15) is 0 Å². The first-order valence-corrected chi connectivity index (χ1v) is 13.0. The quantitative estimate of drug-likeness (QED) is 0.770. The van der Waals surface area contributed by atoms with Crippen LogP contribution in [0.2, 0.25) is 0 Å². The van der Waals surface area contributed by atoms with Gasteiger partial charge in [-0.2, -0.15) is 0 Å². The van der Waals surface area contributed by atoms with Gasteiger partial charge in [-0.1, -0.05) is 26.0 Å². The lowest BCUT2D eigenvalue weighted by Crippen LogP contribution is -2.50. The predicted octanol–water partition coefficient (Wildman–Crippen LogP) is 3.21. The third-order valence-corrected chi connectivity index (χ3v) is 8.46. The zero-order valence-electron chi connectivity index (χ0n) is 18.9. The third kappa shape index (κ3) is 4.44. The van der Waals surface area contributed by atoms with Crippen molar-refractivity contribution < 1.29 is 13.2 Å². The molecule has 2 saturated heterocycles. The Bertz CT molecular complexity index is 1060. The van der Waals surface area contributed by atoms with Gasteiger partial charge in [0, 0.05) is 23.1 Å². The Morgan fingerprint density at radius 1 is 1.06 bits per heavy atom. The second kappa shape index (κ2) is 8.43. The number of amides is 1. The fourth-order valence-corrected chi connectivity index (χ4v) is 7.00. The zero-order chi connectivity index (χ0) is 22.3. The molecule has 31 heavy (non-hydrogen) atoms. The largest absolute Gasteiger partial charge is 0.347 e. The predicted molar refractivity (Wildman–Crippen MR) is 124 cm³/mol. The highest BCUT2D eigenvalue weighted by Crippen LogP contribution is 2.25. The summed E-state index contributed by atoms with van der Waals surface area (Å²) in [5, 5.41) is 3.06. The first-order chi connectivity index (χ1) is 14.7. The van der Waals surface area contributed by atoms with Crippen LogP contribution < -0.4 is 5.32 Å². The Kier molecular flexibility index (Phi) is 6.01. The maximum absolute atomic E-state index is 13.2. The average Bonchev–Trinajstić information content (AvgIpc) is 3.40. The summed E-state index contributed by atoms with van der Waals surface area (Å²) < 4.78 is 26.7. The van der Waals surface area contributed by atoms with E-state index in [1.165, 1.54) is 5.56 Å². The molecule has 0 bridgehead atoms. The van der Waals surface area contributed by atoms with Gasteiger partial charge in [-0.15, -0.1) is 0 Å². The number of rotatable bonds is 5. The Labute approximate surface area is 185 Å². The van der Waals surface area contributed by atoms with Crippen molar-refractivity contribution in [3.63, 3.8) is 0 Å². The van der Waals surface area contributed by atoms with E-state index in [0.717, 1.165) is 43.0 Å². The highest BCUT2D eigenvalue weighted by atomic mass is 32.2. The van der Waals surface area contributed by atoms with Crippen molar-refractivity contribution in [1.29, 1.82) is 0 Å². The molecule has 2 aromatic rings. The van der Waals surface area contributed by atoms with E-state index >= 15 is 0 Å². The first kappa shape index (κ1) is 22.1. The molecule has 1 aromatic heterocycles. The van der Waals surface area contributed by atoms with Gasteiger partial charge in [-0.3, -0.25) is 9.69 Å². The molecule has 2 aliphatic rings. The number of nitrogens with one attached hydrogen (secondary N) is 1. The molecular weight excluding hydrogens is 410 g/mol. The number of aryl methyl sites for hydroxylation is 1. The minimum Gasteiger partial charge on any atom is -0.347 e. The normalized spacial score (nSPS) is 23.5. The lowest BCUT2D eigenvalue weighted by molar-refractivity contribution is 0.0918. The SMILES string of the molecule is Cc1cc(C(=O)NC2CS(=O)(=O)CC2N2CCCC2)c(C)n1-c1ccc(C(C)C)cc1. The van der Waals surface area contributed by atoms with E-state index in [9.17, 15) is 13.2 Å². The number of hydrogen-bond donors (Lipinski definition) is 1. The summed E-state index contributed by atoms with van der Waals surface area (Å²) in [4.78, 5) is 15.4. The number of carbonyl (C=O) groups excluding carboxylic acids is 1. The van der Waals surface area contributed by atoms with E-state index in [0.29, 0.717) is 11.5 Å². The van der Waals surface area contributed by atoms with Crippen molar-refractivity contribution in [1.82, 2.24) is 14.8 Å². The molecule has 7 heteroatoms. The van der Waals surface area contributed by atoms with E-state index in [4.69, 9.17) is 0 Å². The molecular formula is C24H33N3O3S. The number of benzene rings is 1. The summed E-state index contributed by atoms with van der Waals surface area (Å²) >= 11 is 0. The minimum absolute atomic E-state index is 0.0231. The number of likely N-dealkylation sites (tertiary alicyclic amines) is 1. The summed E-state index contributed by atoms with van der Waals surface area (Å²) in [6.07, 6.45) is 2.18. The third-order valence-electron chi connectivity index (χ3n) is 6.74. The molecule has 168 valence electrons. The Morgan fingerprint density at radius 3 is 2.32 bits per heavy atom. The van der Waals surface area contributed by atoms with Crippen molar-refractivity contribution in [2.45, 2.75) is 58.5 Å². The molecule has 2 aliphatic heterocycles. The van der Waals surface area contributed by atoms with Gasteiger partial charge < -0.3 is 9.88 Å². The number of aromatic nitrogens is 1. The second-order valence-corrected chi connectivity index (χ2v) is 11.5. The standard InChI is InChI=1S/C24H33N3O3S/c1-16(2)19-7-9-20(10-8-19)27-17(3)13-21(18(27)4)24(28)25-22-14-31(29,30)15-23(22)26-11-5-6-12-26/h7-10,13,16,22-23H,5-6,11-12,14-15H2,1-4H3,(H,25,28). The van der Waals surface area contributed by atoms with E-state index in [-0.39, 0.29) is 29.5 Å². The molecule has 2 atom stereocenters. The maximum Gasteiger partial charge on any atom is 0.253 e. The molecule has 4 rings (SSSR count). The number of sulfone groups is 1. The average molecular weight is 444 g/mol. The Morgan fingerprint density at radius 2 is 1.71 bits per heavy atom. The molecule has 2 fully saturated rings. The smallest absolute Gasteiger partial charge is 0.253 e. The zero-order valence-corrected chi connectivity index (χ0v) is 19.7. The summed E-state index contributed by atoms with van der Waals surface area (Å²) in [5.41, 5.74) is 4.76. The van der Waals surface area contributed by atoms with Gasteiger partial charge in [-0.25, -0.2) is 8.42 Å². The van der Waals surface area contributed by atoms with Crippen LogP contribution in [0.1, 0.15) is 59.9 Å². The monoisotopic (exact) mass is 443 g/mol. The van der Waals surface area contributed by atoms with Crippen molar-refractivity contribution >= 4 is 15.7 Å². The molecule has 3 heterocycles. The summed E-state index contributed by atoms with van der Waals surface area (Å²) in [6, 6.07) is 9.85. The van der Waals surface area contributed by atoms with Crippen molar-refractivity contribution in [3.05, 3.63) is 52.8 Å². The van der Waals surface area contributed by atoms with Gasteiger partial charge >= 0.3 is 0 Å². The van der Waals surface area contributed by atoms with Crippen molar-refractivity contribution in [2.75, 3.05) is 24.6 Å². The molecule has 1 amide bonds. The van der Waals surface area contributed by atoms with Crippen LogP contribution in [0.5, 0.6) is 0 Å². The molecule has 6 nitrogen and oxygen atoms in total. The number of hydrogen-bond acceptors (Lipinski definition) is 4. The van der Waals surface area contributed by atoms with Crippen LogP contribution >= 0.6 is 0 Å². The summed E-state index contributed by atoms with van der Waals surface area (Å²) in [5.74, 6) is 0.437. The minimum atomic E-state index is -3.14.